The third kappa shape index (κ3) is 3.82. The average molecular weight is 328 g/mol. The van der Waals surface area contributed by atoms with Crippen molar-refractivity contribution < 1.29 is 4.79 Å². The van der Waals surface area contributed by atoms with Gasteiger partial charge in [0.05, 0.1) is 11.3 Å². The number of hydrogen-bond acceptors (Lipinski definition) is 5. The minimum atomic E-state index is -0.387. The van der Waals surface area contributed by atoms with Gasteiger partial charge in [0.25, 0.3) is 0 Å². The Morgan fingerprint density at radius 2 is 1.96 bits per heavy atom. The number of hydrogen-bond donors (Lipinski definition) is 2. The highest BCUT2D eigenvalue weighted by atomic mass is 32.2. The average Bonchev–Trinajstić information content (AvgIpc) is 3.03. The highest BCUT2D eigenvalue weighted by molar-refractivity contribution is 8.01. The number of anilines is 1. The number of nitrogens with two attached hydrogens (primary N) is 1. The van der Waals surface area contributed by atoms with Crippen molar-refractivity contribution in [2.45, 2.75) is 41.9 Å². The number of benzene rings is 1. The number of nitrogen functional groups attached to an aromatic ring is 1. The number of aromatic nitrogens is 2. The summed E-state index contributed by atoms with van der Waals surface area (Å²) in [6.07, 6.45) is 5.57. The summed E-state index contributed by atoms with van der Waals surface area (Å²) in [5.41, 5.74) is 5.65. The first kappa shape index (κ1) is 15.8. The van der Waals surface area contributed by atoms with Crippen LogP contribution in [0.4, 0.5) is 5.82 Å². The Kier molecular flexibility index (Phi) is 4.81. The van der Waals surface area contributed by atoms with E-state index in [9.17, 15) is 4.79 Å². The van der Waals surface area contributed by atoms with E-state index in [-0.39, 0.29) is 10.7 Å². The highest BCUT2D eigenvalue weighted by Gasteiger charge is 2.42. The number of carbonyl (C=O) groups is 1. The maximum absolute atomic E-state index is 12.8. The molecule has 2 aromatic rings. The van der Waals surface area contributed by atoms with Crippen LogP contribution in [0.5, 0.6) is 0 Å². The van der Waals surface area contributed by atoms with E-state index in [0.29, 0.717) is 18.2 Å². The Hall–Kier alpha value is -2.08. The van der Waals surface area contributed by atoms with Gasteiger partial charge in [0.2, 0.25) is 5.91 Å². The van der Waals surface area contributed by atoms with E-state index in [2.05, 4.69) is 27.4 Å². The Labute approximate surface area is 140 Å². The fourth-order valence-corrected chi connectivity index (χ4v) is 4.26. The number of amides is 1. The van der Waals surface area contributed by atoms with Gasteiger partial charge in [-0.15, -0.1) is 11.8 Å². The van der Waals surface area contributed by atoms with Crippen LogP contribution in [0, 0.1) is 0 Å². The molecule has 1 aromatic carbocycles. The molecule has 0 atom stereocenters. The number of thioether (sulfide) groups is 1. The molecular weight excluding hydrogens is 308 g/mol. The largest absolute Gasteiger partial charge is 0.384 e. The maximum atomic E-state index is 12.8. The topological polar surface area (TPSA) is 80.9 Å². The van der Waals surface area contributed by atoms with E-state index < -0.39 is 0 Å². The van der Waals surface area contributed by atoms with Crippen molar-refractivity contribution in [3.8, 4) is 0 Å². The molecule has 0 saturated heterocycles. The molecule has 0 spiro atoms. The minimum absolute atomic E-state index is 0.0647. The maximum Gasteiger partial charge on any atom is 0.236 e. The van der Waals surface area contributed by atoms with Crippen LogP contribution in [-0.2, 0) is 11.3 Å². The Morgan fingerprint density at radius 1 is 1.22 bits per heavy atom. The molecule has 3 N–H and O–H groups in total. The van der Waals surface area contributed by atoms with Gasteiger partial charge in [-0.05, 0) is 31.0 Å². The number of rotatable bonds is 5. The van der Waals surface area contributed by atoms with E-state index in [1.165, 1.54) is 0 Å². The van der Waals surface area contributed by atoms with Crippen LogP contribution in [0.15, 0.2) is 47.5 Å². The van der Waals surface area contributed by atoms with Crippen molar-refractivity contribution >= 4 is 23.5 Å². The Bertz CT molecular complexity index is 671. The normalized spacial score (nSPS) is 16.2. The van der Waals surface area contributed by atoms with Crippen molar-refractivity contribution in [3.05, 3.63) is 48.4 Å². The van der Waals surface area contributed by atoms with E-state index in [0.717, 1.165) is 30.6 Å². The molecule has 6 heteroatoms. The second-order valence-electron chi connectivity index (χ2n) is 5.70. The zero-order chi connectivity index (χ0) is 16.1. The van der Waals surface area contributed by atoms with Crippen LogP contribution < -0.4 is 11.1 Å². The van der Waals surface area contributed by atoms with E-state index in [1.807, 2.05) is 18.2 Å². The molecule has 0 bridgehead atoms. The first-order valence-electron chi connectivity index (χ1n) is 7.78. The van der Waals surface area contributed by atoms with Gasteiger partial charge in [-0.25, -0.2) is 9.97 Å². The number of nitrogens with one attached hydrogen (secondary N) is 1. The molecular formula is C17H20N4OS. The number of nitrogens with zero attached hydrogens (tertiary/aromatic N) is 2. The lowest BCUT2D eigenvalue weighted by molar-refractivity contribution is -0.123. The van der Waals surface area contributed by atoms with Gasteiger partial charge in [-0.3, -0.25) is 4.79 Å². The van der Waals surface area contributed by atoms with Crippen LogP contribution in [0.2, 0.25) is 0 Å². The fourth-order valence-electron chi connectivity index (χ4n) is 2.86. The molecule has 0 radical (unpaired) electrons. The van der Waals surface area contributed by atoms with Crippen molar-refractivity contribution in [1.29, 1.82) is 0 Å². The minimum Gasteiger partial charge on any atom is -0.384 e. The lowest BCUT2D eigenvalue weighted by Crippen LogP contribution is -2.42. The molecule has 0 unspecified atom stereocenters. The van der Waals surface area contributed by atoms with Crippen LogP contribution in [0.25, 0.3) is 0 Å². The SMILES string of the molecule is Nc1ccnc(CNC(=O)C2(Sc3ccccc3)CCCC2)n1. The third-order valence-corrected chi connectivity index (χ3v) is 5.51. The van der Waals surface area contributed by atoms with Crippen molar-refractivity contribution in [2.24, 2.45) is 0 Å². The predicted octanol–water partition coefficient (Wildman–Crippen LogP) is 2.78. The van der Waals surface area contributed by atoms with Crippen molar-refractivity contribution in [3.63, 3.8) is 0 Å². The molecule has 0 aliphatic heterocycles. The van der Waals surface area contributed by atoms with E-state index in [4.69, 9.17) is 5.73 Å². The fraction of sp³-hybridized carbons (Fsp3) is 0.353. The second-order valence-corrected chi connectivity index (χ2v) is 7.15. The summed E-state index contributed by atoms with van der Waals surface area (Å²) in [6.45, 7) is 0.307. The predicted molar refractivity (Wildman–Crippen MR) is 91.8 cm³/mol. The molecule has 3 rings (SSSR count). The highest BCUT2D eigenvalue weighted by Crippen LogP contribution is 2.45. The summed E-state index contributed by atoms with van der Waals surface area (Å²) in [7, 11) is 0. The smallest absolute Gasteiger partial charge is 0.236 e. The van der Waals surface area contributed by atoms with Crippen LogP contribution in [0.1, 0.15) is 31.5 Å². The molecule has 120 valence electrons. The van der Waals surface area contributed by atoms with Crippen LogP contribution in [0.3, 0.4) is 0 Å². The van der Waals surface area contributed by atoms with Crippen LogP contribution in [-0.4, -0.2) is 20.6 Å². The van der Waals surface area contributed by atoms with Gasteiger partial charge in [-0.1, -0.05) is 31.0 Å². The number of carbonyl (C=O) groups excluding carboxylic acids is 1. The Morgan fingerprint density at radius 3 is 2.65 bits per heavy atom. The van der Waals surface area contributed by atoms with Crippen molar-refractivity contribution in [2.75, 3.05) is 5.73 Å². The molecule has 1 aromatic heterocycles. The molecule has 1 aliphatic carbocycles. The lowest BCUT2D eigenvalue weighted by atomic mass is 10.1. The molecule has 1 saturated carbocycles. The second kappa shape index (κ2) is 7.00. The molecule has 1 amide bonds. The summed E-state index contributed by atoms with van der Waals surface area (Å²) in [5.74, 6) is 1.02. The molecule has 23 heavy (non-hydrogen) atoms. The monoisotopic (exact) mass is 328 g/mol. The zero-order valence-corrected chi connectivity index (χ0v) is 13.7. The summed E-state index contributed by atoms with van der Waals surface area (Å²) in [4.78, 5) is 22.2. The summed E-state index contributed by atoms with van der Waals surface area (Å²) in [5, 5.41) is 2.99. The van der Waals surface area contributed by atoms with Gasteiger partial charge in [0.1, 0.15) is 11.6 Å². The van der Waals surface area contributed by atoms with Gasteiger partial charge in [0, 0.05) is 11.1 Å². The van der Waals surface area contributed by atoms with Crippen molar-refractivity contribution in [1.82, 2.24) is 15.3 Å². The standard InChI is InChI=1S/C17H20N4OS/c18-14-8-11-19-15(21-14)12-20-16(22)17(9-4-5-10-17)23-13-6-2-1-3-7-13/h1-3,6-8,11H,4-5,9-10,12H2,(H,20,22)(H2,18,19,21). The molecule has 1 fully saturated rings. The summed E-state index contributed by atoms with van der Waals surface area (Å²) >= 11 is 1.67. The molecule has 1 aliphatic rings. The van der Waals surface area contributed by atoms with Gasteiger partial charge in [-0.2, -0.15) is 0 Å². The summed E-state index contributed by atoms with van der Waals surface area (Å²) in [6, 6.07) is 11.7. The molecule has 5 nitrogen and oxygen atoms in total. The first-order valence-corrected chi connectivity index (χ1v) is 8.59. The van der Waals surface area contributed by atoms with E-state index >= 15 is 0 Å². The Balaban J connectivity index is 1.69. The quantitative estimate of drug-likeness (QED) is 0.882. The van der Waals surface area contributed by atoms with Gasteiger partial charge >= 0.3 is 0 Å². The van der Waals surface area contributed by atoms with Crippen LogP contribution >= 0.6 is 11.8 Å². The van der Waals surface area contributed by atoms with Gasteiger partial charge < -0.3 is 11.1 Å². The lowest BCUT2D eigenvalue weighted by Gasteiger charge is -2.27. The van der Waals surface area contributed by atoms with Gasteiger partial charge in [0.15, 0.2) is 0 Å². The molecule has 1 heterocycles. The van der Waals surface area contributed by atoms with E-state index in [1.54, 1.807) is 24.0 Å². The zero-order valence-electron chi connectivity index (χ0n) is 12.9. The first-order chi connectivity index (χ1) is 11.2. The summed E-state index contributed by atoms with van der Waals surface area (Å²) < 4.78 is -0.387. The third-order valence-electron chi connectivity index (χ3n) is 4.02.